The summed E-state index contributed by atoms with van der Waals surface area (Å²) < 4.78 is 0. The summed E-state index contributed by atoms with van der Waals surface area (Å²) >= 11 is 0. The lowest BCUT2D eigenvalue weighted by Crippen LogP contribution is -2.49. The number of hydrogen-bond acceptors (Lipinski definition) is 3. The number of nitrogens with zero attached hydrogens (tertiary/aromatic N) is 2. The van der Waals surface area contributed by atoms with Crippen molar-refractivity contribution in [2.24, 2.45) is 11.8 Å². The van der Waals surface area contributed by atoms with Gasteiger partial charge in [0.15, 0.2) is 0 Å². The monoisotopic (exact) mass is 449 g/mol. The van der Waals surface area contributed by atoms with Gasteiger partial charge in [-0.1, -0.05) is 52.0 Å². The van der Waals surface area contributed by atoms with Crippen LogP contribution in [0.15, 0.2) is 48.5 Å². The van der Waals surface area contributed by atoms with Crippen molar-refractivity contribution in [2.45, 2.75) is 72.8 Å². The zero-order valence-corrected chi connectivity index (χ0v) is 21.8. The second kappa shape index (κ2) is 13.0. The topological polar surface area (TPSA) is 18.5 Å². The Morgan fingerprint density at radius 1 is 0.758 bits per heavy atom. The minimum Gasteiger partial charge on any atom is -0.372 e. The molecule has 0 aliphatic carbocycles. The standard InChI is InChI=1S/C15H24N2.C15H23N/c1-12(2)10-14-4-6-15(7-5-14)17-9-8-16-13(3)11-17;1-13(2)11-14-7-6-8-15(12-14)16-9-4-3-5-10-16/h4-7,12-13,16H,8-11H2,1-3H3;6-8,12-13H,3-5,9-11H2,1-2H3. The molecule has 3 heteroatoms. The number of anilines is 2. The Labute approximate surface area is 203 Å². The molecule has 2 fully saturated rings. The van der Waals surface area contributed by atoms with E-state index in [0.717, 1.165) is 31.5 Å². The lowest BCUT2D eigenvalue weighted by Gasteiger charge is -2.33. The lowest BCUT2D eigenvalue weighted by atomic mass is 10.0. The Bertz CT molecular complexity index is 806. The molecule has 3 nitrogen and oxygen atoms in total. The highest BCUT2D eigenvalue weighted by Crippen LogP contribution is 2.22. The van der Waals surface area contributed by atoms with Gasteiger partial charge in [0, 0.05) is 50.1 Å². The number of nitrogens with one attached hydrogen (secondary N) is 1. The van der Waals surface area contributed by atoms with Crippen LogP contribution >= 0.6 is 0 Å². The zero-order valence-electron chi connectivity index (χ0n) is 21.8. The van der Waals surface area contributed by atoms with Crippen molar-refractivity contribution in [3.05, 3.63) is 59.7 Å². The number of benzene rings is 2. The molecule has 2 aromatic carbocycles. The smallest absolute Gasteiger partial charge is 0.0368 e. The zero-order chi connectivity index (χ0) is 23.6. The third kappa shape index (κ3) is 8.70. The fraction of sp³-hybridized carbons (Fsp3) is 0.600. The SMILES string of the molecule is CC(C)Cc1ccc(N2CCNC(C)C2)cc1.CC(C)Cc1cccc(N2CCCCC2)c1. The van der Waals surface area contributed by atoms with Gasteiger partial charge >= 0.3 is 0 Å². The van der Waals surface area contributed by atoms with Crippen LogP contribution in [-0.2, 0) is 12.8 Å². The third-order valence-electron chi connectivity index (χ3n) is 6.59. The molecule has 0 bridgehead atoms. The van der Waals surface area contributed by atoms with Crippen molar-refractivity contribution in [3.8, 4) is 0 Å². The first kappa shape index (κ1) is 25.6. The molecule has 0 spiro atoms. The Kier molecular flexibility index (Phi) is 10.1. The van der Waals surface area contributed by atoms with E-state index in [4.69, 9.17) is 0 Å². The summed E-state index contributed by atoms with van der Waals surface area (Å²) in [5, 5.41) is 3.48. The normalized spacial score (nSPS) is 18.9. The van der Waals surface area contributed by atoms with Gasteiger partial charge in [-0.15, -0.1) is 0 Å². The molecular formula is C30H47N3. The van der Waals surface area contributed by atoms with Crippen LogP contribution in [0, 0.1) is 11.8 Å². The summed E-state index contributed by atoms with van der Waals surface area (Å²) in [5.41, 5.74) is 5.73. The molecule has 2 aliphatic rings. The van der Waals surface area contributed by atoms with Crippen molar-refractivity contribution in [3.63, 3.8) is 0 Å². The van der Waals surface area contributed by atoms with E-state index in [-0.39, 0.29) is 0 Å². The highest BCUT2D eigenvalue weighted by Gasteiger charge is 2.15. The first-order valence-electron chi connectivity index (χ1n) is 13.3. The third-order valence-corrected chi connectivity index (χ3v) is 6.59. The average molecular weight is 450 g/mol. The Balaban J connectivity index is 0.000000186. The fourth-order valence-electron chi connectivity index (χ4n) is 4.98. The maximum atomic E-state index is 3.48. The average Bonchev–Trinajstić information content (AvgIpc) is 2.80. The van der Waals surface area contributed by atoms with Gasteiger partial charge in [-0.25, -0.2) is 0 Å². The molecule has 0 amide bonds. The van der Waals surface area contributed by atoms with Gasteiger partial charge < -0.3 is 15.1 Å². The van der Waals surface area contributed by atoms with Gasteiger partial charge in [-0.3, -0.25) is 0 Å². The molecule has 0 saturated carbocycles. The molecule has 2 heterocycles. The number of rotatable bonds is 6. The molecule has 4 rings (SSSR count). The van der Waals surface area contributed by atoms with Gasteiger partial charge in [0.25, 0.3) is 0 Å². The molecule has 0 aromatic heterocycles. The first-order valence-corrected chi connectivity index (χ1v) is 13.3. The molecule has 1 unspecified atom stereocenters. The van der Waals surface area contributed by atoms with Crippen LogP contribution in [0.5, 0.6) is 0 Å². The highest BCUT2D eigenvalue weighted by atomic mass is 15.2. The molecule has 0 radical (unpaired) electrons. The van der Waals surface area contributed by atoms with E-state index in [9.17, 15) is 0 Å². The van der Waals surface area contributed by atoms with Crippen molar-refractivity contribution in [2.75, 3.05) is 42.5 Å². The maximum absolute atomic E-state index is 3.48. The van der Waals surface area contributed by atoms with Crippen LogP contribution in [0.4, 0.5) is 11.4 Å². The summed E-state index contributed by atoms with van der Waals surface area (Å²) in [6.45, 7) is 17.2. The minimum atomic E-state index is 0.596. The molecule has 1 N–H and O–H groups in total. The van der Waals surface area contributed by atoms with Gasteiger partial charge in [0.2, 0.25) is 0 Å². The van der Waals surface area contributed by atoms with Gasteiger partial charge in [-0.2, -0.15) is 0 Å². The van der Waals surface area contributed by atoms with E-state index in [1.54, 1.807) is 0 Å². The van der Waals surface area contributed by atoms with E-state index in [0.29, 0.717) is 6.04 Å². The Morgan fingerprint density at radius 3 is 2.06 bits per heavy atom. The van der Waals surface area contributed by atoms with Crippen LogP contribution in [0.25, 0.3) is 0 Å². The Morgan fingerprint density at radius 2 is 1.42 bits per heavy atom. The van der Waals surface area contributed by atoms with Crippen molar-refractivity contribution < 1.29 is 0 Å². The molecule has 2 saturated heterocycles. The van der Waals surface area contributed by atoms with Crippen LogP contribution in [0.2, 0.25) is 0 Å². The van der Waals surface area contributed by atoms with E-state index in [1.165, 1.54) is 67.7 Å². The second-order valence-corrected chi connectivity index (χ2v) is 10.9. The minimum absolute atomic E-state index is 0.596. The number of piperazine rings is 1. The van der Waals surface area contributed by atoms with E-state index in [2.05, 4.69) is 98.3 Å². The highest BCUT2D eigenvalue weighted by molar-refractivity contribution is 5.49. The largest absolute Gasteiger partial charge is 0.372 e. The summed E-state index contributed by atoms with van der Waals surface area (Å²) in [6.07, 6.45) is 6.49. The summed E-state index contributed by atoms with van der Waals surface area (Å²) in [7, 11) is 0. The second-order valence-electron chi connectivity index (χ2n) is 10.9. The molecule has 1 atom stereocenters. The van der Waals surface area contributed by atoms with Gasteiger partial charge in [-0.05, 0) is 86.3 Å². The lowest BCUT2D eigenvalue weighted by molar-refractivity contribution is 0.485. The molecule has 2 aliphatic heterocycles. The quantitative estimate of drug-likeness (QED) is 0.539. The summed E-state index contributed by atoms with van der Waals surface area (Å²) in [6, 6.07) is 18.8. The number of piperidine rings is 1. The van der Waals surface area contributed by atoms with Crippen molar-refractivity contribution >= 4 is 11.4 Å². The fourth-order valence-corrected chi connectivity index (χ4v) is 4.98. The summed E-state index contributed by atoms with van der Waals surface area (Å²) in [5.74, 6) is 1.48. The summed E-state index contributed by atoms with van der Waals surface area (Å²) in [4.78, 5) is 5.01. The van der Waals surface area contributed by atoms with E-state index < -0.39 is 0 Å². The van der Waals surface area contributed by atoms with E-state index >= 15 is 0 Å². The first-order chi connectivity index (χ1) is 15.9. The van der Waals surface area contributed by atoms with Gasteiger partial charge in [0.05, 0.1) is 0 Å². The number of hydrogen-bond donors (Lipinski definition) is 1. The van der Waals surface area contributed by atoms with Crippen LogP contribution in [-0.4, -0.2) is 38.8 Å². The molecule has 2 aromatic rings. The van der Waals surface area contributed by atoms with Crippen molar-refractivity contribution in [1.29, 1.82) is 0 Å². The Hall–Kier alpha value is -2.00. The van der Waals surface area contributed by atoms with Crippen molar-refractivity contribution in [1.82, 2.24) is 5.32 Å². The maximum Gasteiger partial charge on any atom is 0.0368 e. The predicted molar refractivity (Wildman–Crippen MR) is 146 cm³/mol. The molecule has 182 valence electrons. The molecule has 33 heavy (non-hydrogen) atoms. The van der Waals surface area contributed by atoms with Crippen LogP contribution in [0.3, 0.4) is 0 Å². The van der Waals surface area contributed by atoms with Crippen LogP contribution in [0.1, 0.15) is 65.0 Å². The predicted octanol–water partition coefficient (Wildman–Crippen LogP) is 6.56. The van der Waals surface area contributed by atoms with E-state index in [1.807, 2.05) is 0 Å². The van der Waals surface area contributed by atoms with Gasteiger partial charge in [0.1, 0.15) is 0 Å². The molecular weight excluding hydrogens is 402 g/mol. The van der Waals surface area contributed by atoms with Crippen LogP contribution < -0.4 is 15.1 Å².